The number of nitrogens with zero attached hydrogens (tertiary/aromatic N) is 3. The Balaban J connectivity index is 1.80. The maximum absolute atomic E-state index is 14.0. The summed E-state index contributed by atoms with van der Waals surface area (Å²) in [4.78, 5) is 16.0. The Labute approximate surface area is 200 Å². The van der Waals surface area contributed by atoms with Crippen LogP contribution in [0.15, 0.2) is 84.9 Å². The quantitative estimate of drug-likeness (QED) is 0.330. The highest BCUT2D eigenvalue weighted by atomic mass is 127. The minimum Gasteiger partial charge on any atom is -0.351 e. The van der Waals surface area contributed by atoms with Crippen molar-refractivity contribution in [3.8, 4) is 12.1 Å². The van der Waals surface area contributed by atoms with Crippen LogP contribution in [0.25, 0.3) is 6.08 Å². The predicted octanol–water partition coefficient (Wildman–Crippen LogP) is 5.58. The number of rotatable bonds is 3. The molecule has 0 bridgehead atoms. The summed E-state index contributed by atoms with van der Waals surface area (Å²) in [5.41, 5.74) is 1.84. The molecule has 4 nitrogen and oxygen atoms in total. The molecule has 3 aromatic rings. The number of anilines is 1. The van der Waals surface area contributed by atoms with E-state index in [1.807, 2.05) is 83.8 Å². The van der Waals surface area contributed by atoms with Crippen LogP contribution in [0.4, 0.5) is 5.69 Å². The number of para-hydroxylation sites is 1. The van der Waals surface area contributed by atoms with E-state index in [0.717, 1.165) is 20.4 Å². The Morgan fingerprint density at radius 3 is 2.38 bits per heavy atom. The van der Waals surface area contributed by atoms with Crippen molar-refractivity contribution in [3.05, 3.63) is 105 Å². The van der Waals surface area contributed by atoms with E-state index >= 15 is 0 Å². The second-order valence-corrected chi connectivity index (χ2v) is 9.32. The van der Waals surface area contributed by atoms with E-state index in [0.29, 0.717) is 5.56 Å². The number of Topliss-reactive ketones (excluding diaryl/α,β-unsaturated/α-hetero) is 1. The van der Waals surface area contributed by atoms with Crippen LogP contribution in [0.2, 0.25) is 0 Å². The first-order valence-corrected chi connectivity index (χ1v) is 11.4. The molecule has 5 rings (SSSR count). The summed E-state index contributed by atoms with van der Waals surface area (Å²) in [5, 5.41) is 20.9. The highest BCUT2D eigenvalue weighted by Crippen LogP contribution is 2.55. The van der Waals surface area contributed by atoms with E-state index in [4.69, 9.17) is 0 Å². The van der Waals surface area contributed by atoms with Gasteiger partial charge < -0.3 is 4.90 Å². The largest absolute Gasteiger partial charge is 0.351 e. The number of fused-ring (bicyclic) bond motifs is 3. The first kappa shape index (κ1) is 20.5. The summed E-state index contributed by atoms with van der Waals surface area (Å²) >= 11 is 2.23. The number of nitriles is 2. The lowest BCUT2D eigenvalue weighted by atomic mass is 9.69. The van der Waals surface area contributed by atoms with E-state index in [9.17, 15) is 15.3 Å². The average Bonchev–Trinajstić information content (AvgIpc) is 3.15. The average molecular weight is 527 g/mol. The fraction of sp³-hybridized carbons (Fsp3) is 0.148. The van der Waals surface area contributed by atoms with Crippen molar-refractivity contribution in [2.24, 2.45) is 5.41 Å². The molecular formula is C27H18IN3O. The minimum atomic E-state index is -1.41. The second-order valence-electron chi connectivity index (χ2n) is 8.07. The third kappa shape index (κ3) is 2.97. The summed E-state index contributed by atoms with van der Waals surface area (Å²) in [6, 6.07) is 28.3. The Hall–Kier alpha value is -3.42. The van der Waals surface area contributed by atoms with Gasteiger partial charge in [0.1, 0.15) is 6.04 Å². The zero-order valence-electron chi connectivity index (χ0n) is 17.0. The first-order chi connectivity index (χ1) is 15.6. The molecule has 32 heavy (non-hydrogen) atoms. The molecule has 3 atom stereocenters. The van der Waals surface area contributed by atoms with Crippen molar-refractivity contribution in [2.45, 2.75) is 18.0 Å². The van der Waals surface area contributed by atoms with Crippen LogP contribution in [0.5, 0.6) is 0 Å². The van der Waals surface area contributed by atoms with Gasteiger partial charge in [-0.05, 0) is 51.9 Å². The molecule has 2 aliphatic rings. The zero-order chi connectivity index (χ0) is 22.3. The van der Waals surface area contributed by atoms with Gasteiger partial charge in [0.2, 0.25) is 0 Å². The summed E-state index contributed by atoms with van der Waals surface area (Å²) in [5.74, 6) is -0.697. The highest BCUT2D eigenvalue weighted by Gasteiger charge is 2.63. The second kappa shape index (κ2) is 7.93. The fourth-order valence-electron chi connectivity index (χ4n) is 5.08. The number of benzene rings is 3. The maximum atomic E-state index is 14.0. The van der Waals surface area contributed by atoms with Gasteiger partial charge in [0, 0.05) is 20.7 Å². The van der Waals surface area contributed by atoms with Crippen LogP contribution < -0.4 is 4.90 Å². The smallest absolute Gasteiger partial charge is 0.185 e. The lowest BCUT2D eigenvalue weighted by Crippen LogP contribution is -2.44. The third-order valence-electron chi connectivity index (χ3n) is 6.45. The van der Waals surface area contributed by atoms with Crippen LogP contribution in [-0.2, 0) is 0 Å². The molecule has 0 spiro atoms. The lowest BCUT2D eigenvalue weighted by Gasteiger charge is -2.35. The van der Waals surface area contributed by atoms with Crippen molar-refractivity contribution in [3.63, 3.8) is 0 Å². The van der Waals surface area contributed by atoms with Crippen LogP contribution in [0.3, 0.4) is 0 Å². The lowest BCUT2D eigenvalue weighted by molar-refractivity contribution is 0.0951. The number of ketones is 1. The van der Waals surface area contributed by atoms with Gasteiger partial charge in [-0.15, -0.1) is 0 Å². The molecule has 154 valence electrons. The minimum absolute atomic E-state index is 0.0862. The predicted molar refractivity (Wildman–Crippen MR) is 132 cm³/mol. The Bertz CT molecular complexity index is 1300. The molecule has 3 aromatic carbocycles. The Morgan fingerprint density at radius 2 is 1.66 bits per heavy atom. The van der Waals surface area contributed by atoms with E-state index in [2.05, 4.69) is 34.7 Å². The molecule has 2 aliphatic heterocycles. The van der Waals surface area contributed by atoms with Crippen molar-refractivity contribution in [1.29, 1.82) is 10.5 Å². The van der Waals surface area contributed by atoms with Gasteiger partial charge in [-0.25, -0.2) is 0 Å². The molecule has 5 heteroatoms. The zero-order valence-corrected chi connectivity index (χ0v) is 19.2. The van der Waals surface area contributed by atoms with Crippen LogP contribution in [0.1, 0.15) is 27.4 Å². The molecule has 0 aliphatic carbocycles. The van der Waals surface area contributed by atoms with Crippen molar-refractivity contribution in [1.82, 2.24) is 0 Å². The number of halogens is 1. The summed E-state index contributed by atoms with van der Waals surface area (Å²) < 4.78 is 0.997. The van der Waals surface area contributed by atoms with Gasteiger partial charge in [-0.1, -0.05) is 72.8 Å². The monoisotopic (exact) mass is 527 g/mol. The van der Waals surface area contributed by atoms with Gasteiger partial charge >= 0.3 is 0 Å². The Morgan fingerprint density at radius 1 is 0.938 bits per heavy atom. The molecule has 0 unspecified atom stereocenters. The number of carbonyl (C=O) groups is 1. The molecule has 0 saturated carbocycles. The van der Waals surface area contributed by atoms with Gasteiger partial charge in [0.15, 0.2) is 11.2 Å². The van der Waals surface area contributed by atoms with Gasteiger partial charge in [0.05, 0.1) is 18.2 Å². The van der Waals surface area contributed by atoms with E-state index in [1.165, 1.54) is 0 Å². The molecular weight excluding hydrogens is 509 g/mol. The van der Waals surface area contributed by atoms with E-state index < -0.39 is 23.4 Å². The molecule has 1 saturated heterocycles. The van der Waals surface area contributed by atoms with Gasteiger partial charge in [-0.2, -0.15) is 10.5 Å². The third-order valence-corrected chi connectivity index (χ3v) is 7.12. The molecule has 2 heterocycles. The summed E-state index contributed by atoms with van der Waals surface area (Å²) in [6.45, 7) is 0. The SMILES string of the molecule is N#CC1(C#N)[C@@H]2C=Cc3ccccc3N2[C@@H](C(=O)c2ccccc2)[C@@H]1c1cccc(I)c1. The maximum Gasteiger partial charge on any atom is 0.185 e. The van der Waals surface area contributed by atoms with E-state index in [-0.39, 0.29) is 5.78 Å². The summed E-state index contributed by atoms with van der Waals surface area (Å²) in [6.07, 6.45) is 3.87. The van der Waals surface area contributed by atoms with Gasteiger partial charge in [-0.3, -0.25) is 4.79 Å². The number of hydrogen-bond donors (Lipinski definition) is 0. The highest BCUT2D eigenvalue weighted by molar-refractivity contribution is 14.1. The molecule has 0 radical (unpaired) electrons. The van der Waals surface area contributed by atoms with Crippen LogP contribution >= 0.6 is 22.6 Å². The molecule has 0 N–H and O–H groups in total. The van der Waals surface area contributed by atoms with Crippen LogP contribution in [-0.4, -0.2) is 17.9 Å². The molecule has 1 fully saturated rings. The van der Waals surface area contributed by atoms with Gasteiger partial charge in [0.25, 0.3) is 0 Å². The van der Waals surface area contributed by atoms with E-state index in [1.54, 1.807) is 12.1 Å². The topological polar surface area (TPSA) is 67.9 Å². The number of carbonyl (C=O) groups excluding carboxylic acids is 1. The fourth-order valence-corrected chi connectivity index (χ4v) is 5.65. The van der Waals surface area contributed by atoms with Crippen molar-refractivity contribution < 1.29 is 4.79 Å². The Kier molecular flexibility index (Phi) is 5.07. The molecule has 0 amide bonds. The normalized spacial score (nSPS) is 22.3. The standard InChI is InChI=1S/C27H18IN3O/c28-21-11-6-10-20(15-21)24-25(26(32)19-8-2-1-3-9-19)31-22-12-5-4-7-18(22)13-14-23(31)27(24,16-29)17-30/h1-15,23-25H/t23-,24-,25+/m0/s1. The summed E-state index contributed by atoms with van der Waals surface area (Å²) in [7, 11) is 0. The first-order valence-electron chi connectivity index (χ1n) is 10.3. The molecule has 0 aromatic heterocycles. The van der Waals surface area contributed by atoms with Crippen LogP contribution in [0, 0.1) is 31.6 Å². The van der Waals surface area contributed by atoms with Crippen molar-refractivity contribution in [2.75, 3.05) is 4.90 Å². The van der Waals surface area contributed by atoms with Crippen molar-refractivity contribution >= 4 is 40.1 Å². The number of hydrogen-bond acceptors (Lipinski definition) is 4.